The van der Waals surface area contributed by atoms with Gasteiger partial charge in [0.2, 0.25) is 5.13 Å². The van der Waals surface area contributed by atoms with Crippen LogP contribution in [0.3, 0.4) is 0 Å². The van der Waals surface area contributed by atoms with Gasteiger partial charge in [0.1, 0.15) is 11.5 Å². The summed E-state index contributed by atoms with van der Waals surface area (Å²) in [5.74, 6) is 0.371. The predicted octanol–water partition coefficient (Wildman–Crippen LogP) is 5.87. The minimum atomic E-state index is -0.464. The molecule has 1 aliphatic heterocycles. The molecule has 0 N–H and O–H groups in total. The van der Waals surface area contributed by atoms with E-state index >= 15 is 0 Å². The van der Waals surface area contributed by atoms with Gasteiger partial charge < -0.3 is 4.74 Å². The van der Waals surface area contributed by atoms with Crippen molar-refractivity contribution in [2.75, 3.05) is 12.1 Å². The molecule has 0 saturated carbocycles. The molecule has 0 fully saturated rings. The third kappa shape index (κ3) is 4.51. The Morgan fingerprint density at radius 3 is 2.28 bits per heavy atom. The summed E-state index contributed by atoms with van der Waals surface area (Å²) in [6, 6.07) is 21.3. The maximum absolute atomic E-state index is 13.6. The first-order chi connectivity index (χ1) is 17.4. The SMILES string of the molecule is COc1ccc(C=C2C(=O)N(c3nc(-c4ccc(C)cc4)cs3)N=C2c2ccc([N+](=O)[O-])cc2)cc1. The fourth-order valence-electron chi connectivity index (χ4n) is 3.71. The molecule has 0 atom stereocenters. The number of non-ortho nitro benzene ring substituents is 1. The van der Waals surface area contributed by atoms with Gasteiger partial charge in [-0.15, -0.1) is 11.3 Å². The summed E-state index contributed by atoms with van der Waals surface area (Å²) in [4.78, 5) is 28.9. The molecule has 0 unspecified atom stereocenters. The lowest BCUT2D eigenvalue weighted by atomic mass is 10.00. The number of hydrogen-bond donors (Lipinski definition) is 0. The van der Waals surface area contributed by atoms with Crippen molar-refractivity contribution < 1.29 is 14.5 Å². The van der Waals surface area contributed by atoms with E-state index in [0.717, 1.165) is 22.4 Å². The van der Waals surface area contributed by atoms with Crippen molar-refractivity contribution in [1.29, 1.82) is 0 Å². The van der Waals surface area contributed by atoms with Crippen LogP contribution in [0.2, 0.25) is 0 Å². The van der Waals surface area contributed by atoms with Gasteiger partial charge in [0, 0.05) is 28.6 Å². The highest BCUT2D eigenvalue weighted by molar-refractivity contribution is 7.14. The lowest BCUT2D eigenvalue weighted by molar-refractivity contribution is -0.384. The molecule has 8 nitrogen and oxygen atoms in total. The number of thiazole rings is 1. The first kappa shape index (κ1) is 23.1. The Kier molecular flexibility index (Phi) is 6.14. The highest BCUT2D eigenvalue weighted by Crippen LogP contribution is 2.33. The van der Waals surface area contributed by atoms with Crippen molar-refractivity contribution in [2.45, 2.75) is 6.92 Å². The zero-order valence-electron chi connectivity index (χ0n) is 19.4. The smallest absolute Gasteiger partial charge is 0.283 e. The second-order valence-corrected chi connectivity index (χ2v) is 8.92. The van der Waals surface area contributed by atoms with E-state index in [2.05, 4.69) is 10.1 Å². The van der Waals surface area contributed by atoms with Crippen LogP contribution in [0.5, 0.6) is 5.75 Å². The maximum atomic E-state index is 13.6. The summed E-state index contributed by atoms with van der Waals surface area (Å²) >= 11 is 1.32. The Hall–Kier alpha value is -4.63. The lowest BCUT2D eigenvalue weighted by Gasteiger charge is -2.07. The number of amides is 1. The number of hydrogen-bond acceptors (Lipinski definition) is 7. The van der Waals surface area contributed by atoms with Gasteiger partial charge in [0.05, 0.1) is 23.3 Å². The first-order valence-electron chi connectivity index (χ1n) is 11.0. The van der Waals surface area contributed by atoms with E-state index in [9.17, 15) is 14.9 Å². The third-order valence-corrected chi connectivity index (χ3v) is 6.49. The number of methoxy groups -OCH3 is 1. The van der Waals surface area contributed by atoms with Crippen LogP contribution in [-0.4, -0.2) is 28.6 Å². The second kappa shape index (κ2) is 9.55. The number of rotatable bonds is 6. The number of nitrogens with zero attached hydrogens (tertiary/aromatic N) is 4. The number of benzene rings is 3. The average molecular weight is 497 g/mol. The van der Waals surface area contributed by atoms with Crippen LogP contribution in [0.4, 0.5) is 10.8 Å². The van der Waals surface area contributed by atoms with Gasteiger partial charge in [-0.1, -0.05) is 42.0 Å². The monoisotopic (exact) mass is 496 g/mol. The van der Waals surface area contributed by atoms with Crippen LogP contribution < -0.4 is 9.75 Å². The maximum Gasteiger partial charge on any atom is 0.283 e. The molecular weight excluding hydrogens is 476 g/mol. The van der Waals surface area contributed by atoms with Crippen LogP contribution in [0, 0.1) is 17.0 Å². The standard InChI is InChI=1S/C27H20N4O4S/c1-17-3-7-19(8-4-17)24-16-36-27(28-24)30-26(32)23(15-18-5-13-22(35-2)14-6-18)25(29-30)20-9-11-21(12-10-20)31(33)34/h3-16H,1-2H3. The zero-order chi connectivity index (χ0) is 25.2. The molecule has 4 aromatic rings. The van der Waals surface area contributed by atoms with E-state index in [-0.39, 0.29) is 11.6 Å². The Morgan fingerprint density at radius 2 is 1.64 bits per heavy atom. The molecule has 1 amide bonds. The average Bonchev–Trinajstić information content (AvgIpc) is 3.50. The largest absolute Gasteiger partial charge is 0.497 e. The molecule has 0 saturated heterocycles. The second-order valence-electron chi connectivity index (χ2n) is 8.08. The van der Waals surface area contributed by atoms with Gasteiger partial charge in [-0.25, -0.2) is 4.98 Å². The van der Waals surface area contributed by atoms with Gasteiger partial charge in [-0.3, -0.25) is 14.9 Å². The fourth-order valence-corrected chi connectivity index (χ4v) is 4.49. The van der Waals surface area contributed by atoms with Gasteiger partial charge in [-0.05, 0) is 42.8 Å². The van der Waals surface area contributed by atoms with E-state index in [1.165, 1.54) is 28.5 Å². The van der Waals surface area contributed by atoms with Crippen molar-refractivity contribution in [3.63, 3.8) is 0 Å². The summed E-state index contributed by atoms with van der Waals surface area (Å²) < 4.78 is 5.22. The number of ether oxygens (including phenoxy) is 1. The van der Waals surface area contributed by atoms with Crippen molar-refractivity contribution >= 4 is 39.9 Å². The highest BCUT2D eigenvalue weighted by atomic mass is 32.1. The van der Waals surface area contributed by atoms with Gasteiger partial charge in [-0.2, -0.15) is 10.1 Å². The fraction of sp³-hybridized carbons (Fsp3) is 0.0741. The predicted molar refractivity (Wildman–Crippen MR) is 140 cm³/mol. The minimum absolute atomic E-state index is 0.0381. The van der Waals surface area contributed by atoms with E-state index in [0.29, 0.717) is 27.7 Å². The van der Waals surface area contributed by atoms with Crippen LogP contribution in [0.1, 0.15) is 16.7 Å². The molecule has 178 valence electrons. The number of nitro benzene ring substituents is 1. The summed E-state index contributed by atoms with van der Waals surface area (Å²) in [5, 5.41) is 19.3. The van der Waals surface area contributed by atoms with Crippen LogP contribution in [0.15, 0.2) is 88.9 Å². The molecule has 0 bridgehead atoms. The number of aromatic nitrogens is 1. The number of nitro groups is 1. The van der Waals surface area contributed by atoms with Crippen molar-refractivity contribution in [3.8, 4) is 17.0 Å². The molecule has 36 heavy (non-hydrogen) atoms. The highest BCUT2D eigenvalue weighted by Gasteiger charge is 2.34. The quantitative estimate of drug-likeness (QED) is 0.189. The van der Waals surface area contributed by atoms with Crippen molar-refractivity contribution in [3.05, 3.63) is 111 Å². The van der Waals surface area contributed by atoms with E-state index in [1.807, 2.05) is 48.7 Å². The third-order valence-electron chi connectivity index (χ3n) is 5.68. The number of aryl methyl sites for hydroxylation is 1. The molecular formula is C27H20N4O4S. The molecule has 3 aromatic carbocycles. The zero-order valence-corrected chi connectivity index (χ0v) is 20.2. The molecule has 1 aliphatic rings. The van der Waals surface area contributed by atoms with E-state index in [4.69, 9.17) is 4.74 Å². The summed E-state index contributed by atoms with van der Waals surface area (Å²) in [5.41, 5.74) is 4.96. The Labute approximate surface area is 211 Å². The Balaban J connectivity index is 1.55. The van der Waals surface area contributed by atoms with Crippen molar-refractivity contribution in [1.82, 2.24) is 4.98 Å². The van der Waals surface area contributed by atoms with E-state index < -0.39 is 4.92 Å². The molecule has 9 heteroatoms. The van der Waals surface area contributed by atoms with Gasteiger partial charge >= 0.3 is 0 Å². The lowest BCUT2D eigenvalue weighted by Crippen LogP contribution is -2.21. The van der Waals surface area contributed by atoms with E-state index in [1.54, 1.807) is 37.5 Å². The number of carbonyl (C=O) groups excluding carboxylic acids is 1. The number of carbonyl (C=O) groups is 1. The van der Waals surface area contributed by atoms with Crippen LogP contribution in [0.25, 0.3) is 17.3 Å². The topological polar surface area (TPSA) is 97.9 Å². The van der Waals surface area contributed by atoms with Gasteiger partial charge in [0.15, 0.2) is 0 Å². The molecule has 1 aromatic heterocycles. The number of hydrazone groups is 1. The summed E-state index contributed by atoms with van der Waals surface area (Å²) in [6.07, 6.45) is 1.75. The molecule has 0 aliphatic carbocycles. The molecule has 0 radical (unpaired) electrons. The minimum Gasteiger partial charge on any atom is -0.497 e. The molecule has 2 heterocycles. The van der Waals surface area contributed by atoms with Crippen LogP contribution >= 0.6 is 11.3 Å². The molecule has 0 spiro atoms. The number of anilines is 1. The Bertz CT molecular complexity index is 1500. The van der Waals surface area contributed by atoms with Gasteiger partial charge in [0.25, 0.3) is 11.6 Å². The first-order valence-corrected chi connectivity index (χ1v) is 11.9. The van der Waals surface area contributed by atoms with Crippen LogP contribution in [-0.2, 0) is 4.79 Å². The summed E-state index contributed by atoms with van der Waals surface area (Å²) in [7, 11) is 1.59. The Morgan fingerprint density at radius 1 is 0.972 bits per heavy atom. The normalized spacial score (nSPS) is 14.3. The van der Waals surface area contributed by atoms with Crippen molar-refractivity contribution in [2.24, 2.45) is 5.10 Å². The molecule has 5 rings (SSSR count). The summed E-state index contributed by atoms with van der Waals surface area (Å²) in [6.45, 7) is 2.02.